The maximum atomic E-state index is 13.0. The van der Waals surface area contributed by atoms with E-state index in [9.17, 15) is 21.6 Å². The van der Waals surface area contributed by atoms with Crippen molar-refractivity contribution in [2.24, 2.45) is 5.73 Å². The first-order chi connectivity index (χ1) is 13.2. The number of alkyl halides is 3. The summed E-state index contributed by atoms with van der Waals surface area (Å²) in [4.78, 5) is 0. The first kappa shape index (κ1) is 22.4. The highest BCUT2D eigenvalue weighted by atomic mass is 32.2. The molecule has 5 nitrogen and oxygen atoms in total. The third-order valence-electron chi connectivity index (χ3n) is 4.55. The van der Waals surface area contributed by atoms with Crippen LogP contribution in [-0.2, 0) is 10.0 Å². The lowest BCUT2D eigenvalue weighted by Gasteiger charge is -2.38. The van der Waals surface area contributed by atoms with Crippen LogP contribution in [0.5, 0.6) is 5.75 Å². The number of sulfonamides is 1. The second-order valence-electron chi connectivity index (χ2n) is 6.60. The Bertz CT molecular complexity index is 818. The van der Waals surface area contributed by atoms with E-state index in [0.29, 0.717) is 12.4 Å². The molecule has 0 aliphatic carbocycles. The summed E-state index contributed by atoms with van der Waals surface area (Å²) in [6.45, 7) is 2.26. The van der Waals surface area contributed by atoms with Crippen molar-refractivity contribution in [3.63, 3.8) is 0 Å². The normalized spacial score (nSPS) is 20.1. The van der Waals surface area contributed by atoms with Gasteiger partial charge >= 0.3 is 16.2 Å². The number of nitrogens with two attached hydrogens (primary N) is 1. The van der Waals surface area contributed by atoms with Crippen LogP contribution in [0.4, 0.5) is 18.9 Å². The number of rotatable bonds is 9. The third kappa shape index (κ3) is 4.95. The van der Waals surface area contributed by atoms with E-state index in [-0.39, 0.29) is 24.5 Å². The lowest BCUT2D eigenvalue weighted by molar-refractivity contribution is -0.106. The first-order valence-corrected chi connectivity index (χ1v) is 10.7. The number of quaternary nitrogens is 1. The zero-order valence-electron chi connectivity index (χ0n) is 15.8. The molecule has 0 saturated carbocycles. The summed E-state index contributed by atoms with van der Waals surface area (Å²) in [5, 5.41) is 0. The van der Waals surface area contributed by atoms with Gasteiger partial charge in [-0.1, -0.05) is 25.8 Å². The van der Waals surface area contributed by atoms with E-state index in [1.807, 2.05) is 0 Å². The highest BCUT2D eigenvalue weighted by Crippen LogP contribution is 2.38. The summed E-state index contributed by atoms with van der Waals surface area (Å²) in [6, 6.07) is 6.14. The second-order valence-corrected chi connectivity index (χ2v) is 8.68. The Morgan fingerprint density at radius 1 is 1.18 bits per heavy atom. The quantitative estimate of drug-likeness (QED) is 0.487. The number of ether oxygens (including phenoxy) is 1. The minimum Gasteiger partial charge on any atom is -0.494 e. The summed E-state index contributed by atoms with van der Waals surface area (Å²) in [7, 11) is -4.68. The molecule has 1 aromatic carbocycles. The van der Waals surface area contributed by atoms with E-state index in [4.69, 9.17) is 10.5 Å². The highest BCUT2D eigenvalue weighted by Gasteiger charge is 2.52. The Kier molecular flexibility index (Phi) is 7.30. The van der Waals surface area contributed by atoms with Crippen molar-refractivity contribution in [3.05, 3.63) is 48.2 Å². The van der Waals surface area contributed by atoms with Gasteiger partial charge in [-0.25, -0.2) is 0 Å². The average Bonchev–Trinajstić information content (AvgIpc) is 2.63. The third-order valence-corrected chi connectivity index (χ3v) is 6.79. The molecule has 1 aliphatic heterocycles. The zero-order chi connectivity index (χ0) is 20.8. The fraction of sp³-hybridized carbons (Fsp3) is 0.474. The summed E-state index contributed by atoms with van der Waals surface area (Å²) >= 11 is 0. The van der Waals surface area contributed by atoms with Crippen LogP contribution in [-0.4, -0.2) is 40.0 Å². The van der Waals surface area contributed by atoms with Crippen LogP contribution >= 0.6 is 0 Å². The highest BCUT2D eigenvalue weighted by molar-refractivity contribution is 7.91. The topological polar surface area (TPSA) is 69.4 Å². The molecule has 1 unspecified atom stereocenters. The van der Waals surface area contributed by atoms with E-state index in [2.05, 4.69) is 6.92 Å². The van der Waals surface area contributed by atoms with Gasteiger partial charge < -0.3 is 10.5 Å². The van der Waals surface area contributed by atoms with Crippen LogP contribution in [0.1, 0.15) is 26.2 Å². The lowest BCUT2D eigenvalue weighted by Crippen LogP contribution is -2.58. The van der Waals surface area contributed by atoms with Gasteiger partial charge in [0, 0.05) is 12.1 Å². The zero-order valence-corrected chi connectivity index (χ0v) is 16.6. The van der Waals surface area contributed by atoms with E-state index in [1.165, 1.54) is 24.3 Å². The molecule has 0 aromatic heterocycles. The van der Waals surface area contributed by atoms with Gasteiger partial charge in [-0.15, -0.1) is 0 Å². The molecule has 1 aromatic rings. The number of unbranched alkanes of at least 4 members (excludes halogenated alkanes) is 2. The Labute approximate surface area is 163 Å². The van der Waals surface area contributed by atoms with E-state index in [1.54, 1.807) is 18.2 Å². The van der Waals surface area contributed by atoms with Crippen LogP contribution in [0, 0.1) is 0 Å². The molecule has 1 aliphatic rings. The van der Waals surface area contributed by atoms with Crippen LogP contribution in [0.2, 0.25) is 0 Å². The molecule has 0 bridgehead atoms. The standard InChI is InChI=1S/C19H26F3N2O3S/c1-2-3-6-13-27-18-10-8-16(9-11-18)24(12-5-4-7-17(24)14-23)28(25,26)15-19(20,21)22/h4-5,7-11H,2-3,6,12-15,23H2,1H3/q+1. The van der Waals surface area contributed by atoms with Crippen LogP contribution in [0.15, 0.2) is 48.2 Å². The lowest BCUT2D eigenvalue weighted by atomic mass is 10.2. The van der Waals surface area contributed by atoms with Crippen molar-refractivity contribution in [2.75, 3.05) is 25.4 Å². The Morgan fingerprint density at radius 2 is 1.86 bits per heavy atom. The molecular formula is C19H26F3N2O3S+. The number of hydrogen-bond donors (Lipinski definition) is 1. The number of hydrogen-bond acceptors (Lipinski definition) is 4. The van der Waals surface area contributed by atoms with Crippen LogP contribution in [0.3, 0.4) is 0 Å². The Morgan fingerprint density at radius 3 is 2.43 bits per heavy atom. The van der Waals surface area contributed by atoms with Gasteiger partial charge in [-0.3, -0.25) is 0 Å². The summed E-state index contributed by atoms with van der Waals surface area (Å²) in [5.74, 6) is -1.39. The van der Waals surface area contributed by atoms with Gasteiger partial charge in [0.25, 0.3) is 0 Å². The molecule has 0 radical (unpaired) electrons. The maximum Gasteiger partial charge on any atom is 0.408 e. The molecule has 0 saturated heterocycles. The molecule has 28 heavy (non-hydrogen) atoms. The maximum absolute atomic E-state index is 13.0. The van der Waals surface area contributed by atoms with Gasteiger partial charge in [0.05, 0.1) is 13.2 Å². The fourth-order valence-corrected chi connectivity index (χ4v) is 5.09. The predicted molar refractivity (Wildman–Crippen MR) is 104 cm³/mol. The largest absolute Gasteiger partial charge is 0.494 e. The Balaban J connectivity index is 2.41. The SMILES string of the molecule is CCCCCOc1ccc([N+]2(S(=O)(=O)CC(F)(F)F)CC=CC=C2CN)cc1. The van der Waals surface area contributed by atoms with Crippen molar-refractivity contribution in [2.45, 2.75) is 32.4 Å². The van der Waals surface area contributed by atoms with Gasteiger partial charge in [-0.05, 0) is 30.7 Å². The molecule has 1 atom stereocenters. The van der Waals surface area contributed by atoms with Crippen LogP contribution in [0.25, 0.3) is 0 Å². The van der Waals surface area contributed by atoms with Crippen LogP contribution < -0.4 is 14.4 Å². The first-order valence-electron chi connectivity index (χ1n) is 9.14. The van der Waals surface area contributed by atoms with Crippen molar-refractivity contribution in [3.8, 4) is 5.75 Å². The van der Waals surface area contributed by atoms with Gasteiger partial charge in [-0.2, -0.15) is 25.5 Å². The summed E-state index contributed by atoms with van der Waals surface area (Å²) in [5.41, 5.74) is 6.10. The Hall–Kier alpha value is -1.84. The molecule has 156 valence electrons. The molecule has 0 spiro atoms. The monoisotopic (exact) mass is 419 g/mol. The number of halogens is 3. The van der Waals surface area contributed by atoms with Crippen molar-refractivity contribution >= 4 is 15.7 Å². The van der Waals surface area contributed by atoms with E-state index < -0.39 is 25.8 Å². The molecule has 2 rings (SSSR count). The van der Waals surface area contributed by atoms with Gasteiger partial charge in [0.2, 0.25) is 0 Å². The van der Waals surface area contributed by atoms with Gasteiger partial charge in [0.15, 0.2) is 11.4 Å². The van der Waals surface area contributed by atoms with E-state index >= 15 is 0 Å². The number of benzene rings is 1. The number of nitrogens with zero attached hydrogens (tertiary/aromatic N) is 1. The molecule has 1 heterocycles. The minimum absolute atomic E-state index is 0.155. The smallest absolute Gasteiger partial charge is 0.408 e. The van der Waals surface area contributed by atoms with Crippen molar-refractivity contribution < 1.29 is 26.3 Å². The average molecular weight is 419 g/mol. The van der Waals surface area contributed by atoms with Crippen molar-refractivity contribution in [1.82, 2.24) is 3.89 Å². The molecule has 0 fully saturated rings. The van der Waals surface area contributed by atoms with Gasteiger partial charge in [0.1, 0.15) is 18.0 Å². The predicted octanol–water partition coefficient (Wildman–Crippen LogP) is 3.87. The minimum atomic E-state index is -4.85. The molecule has 2 N–H and O–H groups in total. The van der Waals surface area contributed by atoms with E-state index in [0.717, 1.165) is 19.3 Å². The molecular weight excluding hydrogens is 393 g/mol. The van der Waals surface area contributed by atoms with Crippen molar-refractivity contribution in [1.29, 1.82) is 0 Å². The molecule has 9 heteroatoms. The summed E-state index contributed by atoms with van der Waals surface area (Å²) < 4.78 is 69.5. The second kappa shape index (κ2) is 9.11. The fourth-order valence-electron chi connectivity index (χ4n) is 3.21. The summed E-state index contributed by atoms with van der Waals surface area (Å²) in [6.07, 6.45) is 2.73. The molecule has 0 amide bonds. The number of allylic oxidation sites excluding steroid dienone is 2.